The maximum Gasteiger partial charge on any atom is 0.287 e. The van der Waals surface area contributed by atoms with Gasteiger partial charge >= 0.3 is 0 Å². The molecule has 0 saturated carbocycles. The summed E-state index contributed by atoms with van der Waals surface area (Å²) in [7, 11) is 1.64. The molecular weight excluding hydrogens is 270 g/mol. The van der Waals surface area contributed by atoms with Gasteiger partial charge in [-0.2, -0.15) is 0 Å². The molecule has 2 heterocycles. The van der Waals surface area contributed by atoms with Crippen LogP contribution in [-0.2, 0) is 7.05 Å². The van der Waals surface area contributed by atoms with Crippen LogP contribution in [0.5, 0.6) is 0 Å². The standard InChI is InChI=1S/C12H16ClN3O3/c1-14-8-10(16(18)19)6-11(14)12(17)15-5-3-2-4-9(15)7-13/h6,8-9H,2-5,7H2,1H3. The Balaban J connectivity index is 2.25. The predicted octanol–water partition coefficient (Wildman–Crippen LogP) is 2.17. The number of alkyl halides is 1. The van der Waals surface area contributed by atoms with Crippen LogP contribution < -0.4 is 0 Å². The molecule has 0 bridgehead atoms. The van der Waals surface area contributed by atoms with E-state index in [4.69, 9.17) is 11.6 Å². The van der Waals surface area contributed by atoms with Gasteiger partial charge in [0.2, 0.25) is 0 Å². The van der Waals surface area contributed by atoms with Crippen molar-refractivity contribution in [2.75, 3.05) is 12.4 Å². The number of piperidine rings is 1. The molecule has 0 radical (unpaired) electrons. The number of nitrogens with zero attached hydrogens (tertiary/aromatic N) is 3. The van der Waals surface area contributed by atoms with E-state index in [1.165, 1.54) is 16.8 Å². The predicted molar refractivity (Wildman–Crippen MR) is 71.5 cm³/mol. The number of hydrogen-bond acceptors (Lipinski definition) is 3. The lowest BCUT2D eigenvalue weighted by Gasteiger charge is -2.34. The van der Waals surface area contributed by atoms with Crippen LogP contribution in [0, 0.1) is 10.1 Å². The highest BCUT2D eigenvalue weighted by Crippen LogP contribution is 2.23. The van der Waals surface area contributed by atoms with Crippen molar-refractivity contribution in [2.24, 2.45) is 7.05 Å². The van der Waals surface area contributed by atoms with E-state index in [9.17, 15) is 14.9 Å². The number of amides is 1. The molecule has 0 aliphatic carbocycles. The molecule has 2 rings (SSSR count). The largest absolute Gasteiger partial charge is 0.340 e. The Labute approximate surface area is 116 Å². The van der Waals surface area contributed by atoms with Crippen molar-refractivity contribution in [1.29, 1.82) is 0 Å². The second kappa shape index (κ2) is 5.61. The fourth-order valence-electron chi connectivity index (χ4n) is 2.44. The summed E-state index contributed by atoms with van der Waals surface area (Å²) >= 11 is 5.89. The Morgan fingerprint density at radius 2 is 2.32 bits per heavy atom. The monoisotopic (exact) mass is 285 g/mol. The normalized spacial score (nSPS) is 19.5. The van der Waals surface area contributed by atoms with E-state index in [-0.39, 0.29) is 17.6 Å². The summed E-state index contributed by atoms with van der Waals surface area (Å²) < 4.78 is 1.50. The van der Waals surface area contributed by atoms with Crippen molar-refractivity contribution in [3.8, 4) is 0 Å². The average Bonchev–Trinajstić information content (AvgIpc) is 2.80. The summed E-state index contributed by atoms with van der Waals surface area (Å²) in [6.07, 6.45) is 4.26. The van der Waals surface area contributed by atoms with Gasteiger partial charge in [-0.25, -0.2) is 0 Å². The van der Waals surface area contributed by atoms with E-state index in [0.29, 0.717) is 18.1 Å². The lowest BCUT2D eigenvalue weighted by Crippen LogP contribution is -2.45. The molecule has 0 spiro atoms. The molecule has 1 aromatic heterocycles. The van der Waals surface area contributed by atoms with Gasteiger partial charge in [0, 0.05) is 31.6 Å². The minimum Gasteiger partial charge on any atom is -0.340 e. The number of hydrogen-bond donors (Lipinski definition) is 0. The van der Waals surface area contributed by atoms with Gasteiger partial charge in [0.15, 0.2) is 0 Å². The molecular formula is C12H16ClN3O3. The lowest BCUT2D eigenvalue weighted by molar-refractivity contribution is -0.384. The number of carbonyl (C=O) groups is 1. The quantitative estimate of drug-likeness (QED) is 0.485. The molecule has 1 aliphatic rings. The van der Waals surface area contributed by atoms with Gasteiger partial charge in [-0.1, -0.05) is 0 Å². The fourth-order valence-corrected chi connectivity index (χ4v) is 2.76. The van der Waals surface area contributed by atoms with E-state index in [2.05, 4.69) is 0 Å². The molecule has 1 unspecified atom stereocenters. The SMILES string of the molecule is Cn1cc([N+](=O)[O-])cc1C(=O)N1CCCCC1CCl. The Morgan fingerprint density at radius 1 is 1.58 bits per heavy atom. The first kappa shape index (κ1) is 13.9. The van der Waals surface area contributed by atoms with Gasteiger partial charge in [-0.15, -0.1) is 11.6 Å². The molecule has 1 fully saturated rings. The second-order valence-corrected chi connectivity index (χ2v) is 5.06. The first-order valence-electron chi connectivity index (χ1n) is 6.22. The van der Waals surface area contributed by atoms with E-state index < -0.39 is 4.92 Å². The van der Waals surface area contributed by atoms with Gasteiger partial charge < -0.3 is 9.47 Å². The van der Waals surface area contributed by atoms with Crippen molar-refractivity contribution in [3.05, 3.63) is 28.1 Å². The number of aromatic nitrogens is 1. The molecule has 1 aromatic rings. The van der Waals surface area contributed by atoms with E-state index >= 15 is 0 Å². The Hall–Kier alpha value is -1.56. The van der Waals surface area contributed by atoms with Crippen LogP contribution in [0.1, 0.15) is 29.8 Å². The van der Waals surface area contributed by atoms with Crippen molar-refractivity contribution in [2.45, 2.75) is 25.3 Å². The first-order valence-corrected chi connectivity index (χ1v) is 6.75. The molecule has 0 aromatic carbocycles. The molecule has 104 valence electrons. The topological polar surface area (TPSA) is 68.4 Å². The molecule has 0 N–H and O–H groups in total. The number of aryl methyl sites for hydroxylation is 1. The zero-order valence-electron chi connectivity index (χ0n) is 10.7. The van der Waals surface area contributed by atoms with Gasteiger partial charge in [0.1, 0.15) is 5.69 Å². The van der Waals surface area contributed by atoms with Crippen molar-refractivity contribution < 1.29 is 9.72 Å². The summed E-state index contributed by atoms with van der Waals surface area (Å²) in [5, 5.41) is 10.7. The van der Waals surface area contributed by atoms with E-state index in [0.717, 1.165) is 19.3 Å². The van der Waals surface area contributed by atoms with Crippen LogP contribution in [0.4, 0.5) is 5.69 Å². The number of rotatable bonds is 3. The molecule has 1 atom stereocenters. The third-order valence-electron chi connectivity index (χ3n) is 3.49. The average molecular weight is 286 g/mol. The van der Waals surface area contributed by atoms with E-state index in [1.54, 1.807) is 11.9 Å². The van der Waals surface area contributed by atoms with Crippen LogP contribution in [0.3, 0.4) is 0 Å². The van der Waals surface area contributed by atoms with Crippen LogP contribution >= 0.6 is 11.6 Å². The van der Waals surface area contributed by atoms with Gasteiger partial charge in [-0.05, 0) is 19.3 Å². The number of likely N-dealkylation sites (tertiary alicyclic amines) is 1. The summed E-state index contributed by atoms with van der Waals surface area (Å²) in [6, 6.07) is 1.35. The van der Waals surface area contributed by atoms with Crippen LogP contribution in [0.25, 0.3) is 0 Å². The smallest absolute Gasteiger partial charge is 0.287 e. The number of nitro groups is 1. The van der Waals surface area contributed by atoms with Gasteiger partial charge in [-0.3, -0.25) is 14.9 Å². The van der Waals surface area contributed by atoms with E-state index in [1.807, 2.05) is 0 Å². The van der Waals surface area contributed by atoms with Gasteiger partial charge in [0.05, 0.1) is 11.1 Å². The highest BCUT2D eigenvalue weighted by molar-refractivity contribution is 6.18. The third-order valence-corrected chi connectivity index (χ3v) is 3.84. The first-order chi connectivity index (χ1) is 9.04. The summed E-state index contributed by atoms with van der Waals surface area (Å²) in [4.78, 5) is 24.4. The highest BCUT2D eigenvalue weighted by atomic mass is 35.5. The number of carbonyl (C=O) groups excluding carboxylic acids is 1. The fraction of sp³-hybridized carbons (Fsp3) is 0.583. The van der Waals surface area contributed by atoms with Crippen molar-refractivity contribution >= 4 is 23.2 Å². The highest BCUT2D eigenvalue weighted by Gasteiger charge is 2.29. The lowest BCUT2D eigenvalue weighted by atomic mass is 10.0. The third kappa shape index (κ3) is 2.73. The molecule has 19 heavy (non-hydrogen) atoms. The minimum atomic E-state index is -0.494. The Bertz CT molecular complexity index is 500. The maximum absolute atomic E-state index is 12.4. The summed E-state index contributed by atoms with van der Waals surface area (Å²) in [6.45, 7) is 0.662. The zero-order chi connectivity index (χ0) is 14.0. The Kier molecular flexibility index (Phi) is 4.09. The second-order valence-electron chi connectivity index (χ2n) is 4.75. The minimum absolute atomic E-state index is 0.0249. The summed E-state index contributed by atoms with van der Waals surface area (Å²) in [5.41, 5.74) is 0.272. The van der Waals surface area contributed by atoms with Gasteiger partial charge in [0.25, 0.3) is 11.6 Å². The van der Waals surface area contributed by atoms with Crippen LogP contribution in [0.2, 0.25) is 0 Å². The van der Waals surface area contributed by atoms with Crippen LogP contribution in [0.15, 0.2) is 12.3 Å². The molecule has 7 heteroatoms. The number of halogens is 1. The molecule has 1 saturated heterocycles. The summed E-state index contributed by atoms with van der Waals surface area (Å²) in [5.74, 6) is 0.221. The Morgan fingerprint density at radius 3 is 2.89 bits per heavy atom. The van der Waals surface area contributed by atoms with Crippen LogP contribution in [-0.4, -0.2) is 38.8 Å². The maximum atomic E-state index is 12.4. The van der Waals surface area contributed by atoms with Crippen molar-refractivity contribution in [1.82, 2.24) is 9.47 Å². The molecule has 1 amide bonds. The van der Waals surface area contributed by atoms with Crippen molar-refractivity contribution in [3.63, 3.8) is 0 Å². The molecule has 1 aliphatic heterocycles. The molecule has 6 nitrogen and oxygen atoms in total. The zero-order valence-corrected chi connectivity index (χ0v) is 11.5.